The van der Waals surface area contributed by atoms with Crippen molar-refractivity contribution in [2.75, 3.05) is 33.2 Å². The van der Waals surface area contributed by atoms with Gasteiger partial charge in [0.05, 0.1) is 0 Å². The van der Waals surface area contributed by atoms with Gasteiger partial charge in [-0.3, -0.25) is 4.90 Å². The van der Waals surface area contributed by atoms with E-state index in [4.69, 9.17) is 5.11 Å². The van der Waals surface area contributed by atoms with Gasteiger partial charge in [0.1, 0.15) is 0 Å². The van der Waals surface area contributed by atoms with Crippen LogP contribution in [0.4, 0.5) is 0 Å². The summed E-state index contributed by atoms with van der Waals surface area (Å²) in [7, 11) is 1.98. The lowest BCUT2D eigenvalue weighted by molar-refractivity contribution is -0.131. The van der Waals surface area contributed by atoms with E-state index in [0.29, 0.717) is 5.92 Å². The normalized spacial score (nSPS) is 23.4. The van der Waals surface area contributed by atoms with Crippen LogP contribution in [0.15, 0.2) is 12.2 Å². The molecule has 0 aromatic rings. The fraction of sp³-hybridized carbons (Fsp3) is 0.727. The molecule has 1 heterocycles. The minimum atomic E-state index is -0.862. The van der Waals surface area contributed by atoms with Gasteiger partial charge in [0.2, 0.25) is 0 Å². The highest BCUT2D eigenvalue weighted by Crippen LogP contribution is 2.15. The third-order valence-electron chi connectivity index (χ3n) is 2.72. The molecule has 0 aromatic heterocycles. The van der Waals surface area contributed by atoms with Gasteiger partial charge >= 0.3 is 5.97 Å². The minimum Gasteiger partial charge on any atom is -0.478 e. The van der Waals surface area contributed by atoms with Crippen molar-refractivity contribution in [3.05, 3.63) is 12.2 Å². The number of hydrogen-bond acceptors (Lipinski definition) is 3. The summed E-state index contributed by atoms with van der Waals surface area (Å²) in [5.41, 5.74) is 0. The Hall–Kier alpha value is -0.870. The van der Waals surface area contributed by atoms with Crippen molar-refractivity contribution < 1.29 is 9.90 Å². The van der Waals surface area contributed by atoms with Gasteiger partial charge in [-0.15, -0.1) is 0 Å². The Bertz CT molecular complexity index is 227. The van der Waals surface area contributed by atoms with Crippen molar-refractivity contribution in [1.82, 2.24) is 10.2 Å². The number of carboxylic acids is 1. The minimum absolute atomic E-state index is 0.710. The van der Waals surface area contributed by atoms with Crippen molar-refractivity contribution in [3.8, 4) is 0 Å². The smallest absolute Gasteiger partial charge is 0.328 e. The molecule has 0 saturated carbocycles. The summed E-state index contributed by atoms with van der Waals surface area (Å²) in [5.74, 6) is -0.152. The Morgan fingerprint density at radius 1 is 1.67 bits per heavy atom. The predicted molar refractivity (Wildman–Crippen MR) is 59.9 cm³/mol. The molecule has 0 radical (unpaired) electrons. The third-order valence-corrected chi connectivity index (χ3v) is 2.72. The van der Waals surface area contributed by atoms with E-state index in [9.17, 15) is 4.79 Å². The van der Waals surface area contributed by atoms with E-state index in [-0.39, 0.29) is 0 Å². The van der Waals surface area contributed by atoms with E-state index in [1.807, 2.05) is 7.05 Å². The van der Waals surface area contributed by atoms with Gasteiger partial charge in [-0.25, -0.2) is 4.79 Å². The zero-order valence-corrected chi connectivity index (χ0v) is 9.28. The summed E-state index contributed by atoms with van der Waals surface area (Å²) in [6.45, 7) is 3.97. The average molecular weight is 212 g/mol. The van der Waals surface area contributed by atoms with Crippen LogP contribution in [0.3, 0.4) is 0 Å². The molecule has 0 amide bonds. The fourth-order valence-electron chi connectivity index (χ4n) is 2.07. The van der Waals surface area contributed by atoms with Crippen LogP contribution in [0.1, 0.15) is 12.8 Å². The second-order valence-electron chi connectivity index (χ2n) is 4.07. The number of hydrogen-bond donors (Lipinski definition) is 2. The maximum absolute atomic E-state index is 10.3. The maximum Gasteiger partial charge on any atom is 0.328 e. The van der Waals surface area contributed by atoms with Gasteiger partial charge in [0.15, 0.2) is 0 Å². The summed E-state index contributed by atoms with van der Waals surface area (Å²) >= 11 is 0. The van der Waals surface area contributed by atoms with Crippen molar-refractivity contribution >= 4 is 5.97 Å². The number of carboxylic acid groups (broad SMARTS) is 1. The Morgan fingerprint density at radius 3 is 3.13 bits per heavy atom. The van der Waals surface area contributed by atoms with Gasteiger partial charge in [-0.1, -0.05) is 6.08 Å². The standard InChI is InChI=1S/C11H20N2O2/c1-12-8-10-4-2-6-13(9-10)7-3-5-11(14)15/h3,5,10,12H,2,4,6-9H2,1H3,(H,14,15)/b5-3+. The average Bonchev–Trinajstić information content (AvgIpc) is 2.18. The Kier molecular flexibility index (Phi) is 5.36. The van der Waals surface area contributed by atoms with Gasteiger partial charge in [0, 0.05) is 19.2 Å². The zero-order valence-electron chi connectivity index (χ0n) is 9.28. The first kappa shape index (κ1) is 12.2. The topological polar surface area (TPSA) is 52.6 Å². The Morgan fingerprint density at radius 2 is 2.47 bits per heavy atom. The number of carbonyl (C=O) groups is 1. The van der Waals surface area contributed by atoms with Crippen molar-refractivity contribution in [2.45, 2.75) is 12.8 Å². The number of nitrogens with zero attached hydrogens (tertiary/aromatic N) is 1. The summed E-state index contributed by atoms with van der Waals surface area (Å²) in [6, 6.07) is 0. The molecule has 0 aliphatic carbocycles. The molecular weight excluding hydrogens is 192 g/mol. The van der Waals surface area contributed by atoms with Gasteiger partial charge in [-0.2, -0.15) is 0 Å². The van der Waals surface area contributed by atoms with Crippen LogP contribution in [0, 0.1) is 5.92 Å². The lowest BCUT2D eigenvalue weighted by atomic mass is 9.98. The van der Waals surface area contributed by atoms with E-state index < -0.39 is 5.97 Å². The molecule has 0 aromatic carbocycles. The second kappa shape index (κ2) is 6.58. The van der Waals surface area contributed by atoms with E-state index >= 15 is 0 Å². The van der Waals surface area contributed by atoms with E-state index in [1.165, 1.54) is 18.9 Å². The third kappa shape index (κ3) is 4.95. The molecule has 86 valence electrons. The molecule has 15 heavy (non-hydrogen) atoms. The molecule has 0 bridgehead atoms. The lowest BCUT2D eigenvalue weighted by Gasteiger charge is -2.31. The van der Waals surface area contributed by atoms with E-state index in [2.05, 4.69) is 10.2 Å². The van der Waals surface area contributed by atoms with Crippen LogP contribution in [0.25, 0.3) is 0 Å². The quantitative estimate of drug-likeness (QED) is 0.654. The van der Waals surface area contributed by atoms with Gasteiger partial charge in [0.25, 0.3) is 0 Å². The molecule has 4 nitrogen and oxygen atoms in total. The van der Waals surface area contributed by atoms with Gasteiger partial charge in [-0.05, 0) is 38.9 Å². The molecule has 1 saturated heterocycles. The first-order chi connectivity index (χ1) is 7.22. The van der Waals surface area contributed by atoms with Crippen LogP contribution >= 0.6 is 0 Å². The fourth-order valence-corrected chi connectivity index (χ4v) is 2.07. The van der Waals surface area contributed by atoms with Crippen molar-refractivity contribution in [2.24, 2.45) is 5.92 Å². The van der Waals surface area contributed by atoms with Crippen LogP contribution in [0.2, 0.25) is 0 Å². The van der Waals surface area contributed by atoms with Crippen molar-refractivity contribution in [1.29, 1.82) is 0 Å². The summed E-state index contributed by atoms with van der Waals surface area (Å²) < 4.78 is 0. The second-order valence-corrected chi connectivity index (χ2v) is 4.07. The monoisotopic (exact) mass is 212 g/mol. The molecule has 4 heteroatoms. The van der Waals surface area contributed by atoms with Crippen molar-refractivity contribution in [3.63, 3.8) is 0 Å². The number of likely N-dealkylation sites (tertiary alicyclic amines) is 1. The Balaban J connectivity index is 2.26. The molecule has 1 aliphatic rings. The highest BCUT2D eigenvalue weighted by molar-refractivity contribution is 5.79. The number of aliphatic carboxylic acids is 1. The lowest BCUT2D eigenvalue weighted by Crippen LogP contribution is -2.39. The largest absolute Gasteiger partial charge is 0.478 e. The summed E-state index contributed by atoms with van der Waals surface area (Å²) in [4.78, 5) is 12.6. The highest BCUT2D eigenvalue weighted by Gasteiger charge is 2.17. The Labute approximate surface area is 91.0 Å². The van der Waals surface area contributed by atoms with Crippen LogP contribution in [-0.2, 0) is 4.79 Å². The zero-order chi connectivity index (χ0) is 11.1. The summed E-state index contributed by atoms with van der Waals surface area (Å²) in [6.07, 6.45) is 5.44. The number of rotatable bonds is 5. The maximum atomic E-state index is 10.3. The van der Waals surface area contributed by atoms with E-state index in [0.717, 1.165) is 26.2 Å². The first-order valence-corrected chi connectivity index (χ1v) is 5.48. The number of nitrogens with one attached hydrogen (secondary N) is 1. The molecule has 1 fully saturated rings. The number of piperidine rings is 1. The SMILES string of the molecule is CNCC1CCCN(C/C=C/C(=O)O)C1. The molecule has 1 aliphatic heterocycles. The van der Waals surface area contributed by atoms with E-state index in [1.54, 1.807) is 6.08 Å². The van der Waals surface area contributed by atoms with Crippen LogP contribution < -0.4 is 5.32 Å². The first-order valence-electron chi connectivity index (χ1n) is 5.48. The molecule has 1 rings (SSSR count). The molecule has 1 unspecified atom stereocenters. The molecule has 2 N–H and O–H groups in total. The highest BCUT2D eigenvalue weighted by atomic mass is 16.4. The summed E-state index contributed by atoms with van der Waals surface area (Å²) in [5, 5.41) is 11.7. The molecular formula is C11H20N2O2. The van der Waals surface area contributed by atoms with Gasteiger partial charge < -0.3 is 10.4 Å². The van der Waals surface area contributed by atoms with Crippen LogP contribution in [0.5, 0.6) is 0 Å². The molecule has 0 spiro atoms. The van der Waals surface area contributed by atoms with Crippen LogP contribution in [-0.4, -0.2) is 49.2 Å². The predicted octanol–water partition coefficient (Wildman–Crippen LogP) is 0.559. The molecule has 1 atom stereocenters.